The van der Waals surface area contributed by atoms with Crippen molar-refractivity contribution in [2.75, 3.05) is 5.75 Å². The number of benzene rings is 1. The molecule has 5 atom stereocenters. The van der Waals surface area contributed by atoms with E-state index in [1.54, 1.807) is 30.3 Å². The number of carbonyl (C=O) groups excluding carboxylic acids is 3. The van der Waals surface area contributed by atoms with Crippen LogP contribution in [-0.2, 0) is 25.6 Å². The Morgan fingerprint density at radius 2 is 1.53 bits per heavy atom. The van der Waals surface area contributed by atoms with E-state index in [1.165, 1.54) is 13.8 Å². The van der Waals surface area contributed by atoms with Gasteiger partial charge in [0.1, 0.15) is 24.2 Å². The Kier molecular flexibility index (Phi) is 10.3. The third-order valence-electron chi connectivity index (χ3n) is 4.29. The number of carbonyl (C=O) groups is 4. The first-order valence-electron chi connectivity index (χ1n) is 9.29. The van der Waals surface area contributed by atoms with Gasteiger partial charge in [0.25, 0.3) is 0 Å². The molecule has 30 heavy (non-hydrogen) atoms. The molecular weight excluding hydrogens is 412 g/mol. The Hall–Kier alpha value is -2.63. The van der Waals surface area contributed by atoms with E-state index in [4.69, 9.17) is 10.8 Å². The second kappa shape index (κ2) is 12.2. The van der Waals surface area contributed by atoms with Gasteiger partial charge in [-0.15, -0.1) is 0 Å². The molecule has 0 bridgehead atoms. The predicted molar refractivity (Wildman–Crippen MR) is 113 cm³/mol. The van der Waals surface area contributed by atoms with Crippen molar-refractivity contribution in [1.29, 1.82) is 0 Å². The maximum atomic E-state index is 12.7. The highest BCUT2D eigenvalue weighted by Crippen LogP contribution is 2.05. The molecule has 0 fully saturated rings. The van der Waals surface area contributed by atoms with Gasteiger partial charge in [-0.2, -0.15) is 12.6 Å². The van der Waals surface area contributed by atoms with Gasteiger partial charge in [-0.3, -0.25) is 14.4 Å². The fraction of sp³-hybridized carbons (Fsp3) is 0.474. The van der Waals surface area contributed by atoms with Gasteiger partial charge in [0.15, 0.2) is 0 Å². The molecule has 1 aromatic carbocycles. The van der Waals surface area contributed by atoms with Crippen molar-refractivity contribution < 1.29 is 29.4 Å². The maximum absolute atomic E-state index is 12.7. The van der Waals surface area contributed by atoms with Crippen LogP contribution in [0.2, 0.25) is 0 Å². The first-order chi connectivity index (χ1) is 14.1. The zero-order valence-corrected chi connectivity index (χ0v) is 17.6. The largest absolute Gasteiger partial charge is 0.480 e. The Bertz CT molecular complexity index is 746. The van der Waals surface area contributed by atoms with Crippen LogP contribution in [0.25, 0.3) is 0 Å². The third-order valence-corrected chi connectivity index (χ3v) is 4.65. The molecule has 0 aromatic heterocycles. The van der Waals surface area contributed by atoms with Crippen LogP contribution < -0.4 is 21.7 Å². The number of carboxylic acid groups (broad SMARTS) is 1. The van der Waals surface area contributed by atoms with E-state index in [1.807, 2.05) is 0 Å². The lowest BCUT2D eigenvalue weighted by Crippen LogP contribution is -2.58. The van der Waals surface area contributed by atoms with Crippen molar-refractivity contribution in [2.45, 2.75) is 50.5 Å². The standard InChI is InChI=1S/C19H28N4O6S/c1-10(16(25)23-14(9-30)19(28)29)21-17(26)13(8-12-6-4-3-5-7-12)22-18(27)15(20)11(2)24/h3-7,10-11,13-15,24,30H,8-9,20H2,1-2H3,(H,21,26)(H,22,27)(H,23,25)(H,28,29). The zero-order chi connectivity index (χ0) is 22.8. The second-order valence-corrected chi connectivity index (χ2v) is 7.19. The lowest BCUT2D eigenvalue weighted by Gasteiger charge is -2.24. The van der Waals surface area contributed by atoms with Gasteiger partial charge in [0.05, 0.1) is 6.10 Å². The first kappa shape index (κ1) is 25.4. The van der Waals surface area contributed by atoms with Crippen LogP contribution in [0.3, 0.4) is 0 Å². The number of aliphatic hydroxyl groups is 1. The van der Waals surface area contributed by atoms with Crippen LogP contribution in [0.4, 0.5) is 0 Å². The minimum absolute atomic E-state index is 0.119. The molecule has 0 heterocycles. The zero-order valence-electron chi connectivity index (χ0n) is 16.7. The van der Waals surface area contributed by atoms with Crippen LogP contribution >= 0.6 is 12.6 Å². The summed E-state index contributed by atoms with van der Waals surface area (Å²) < 4.78 is 0. The molecule has 5 unspecified atom stereocenters. The van der Waals surface area contributed by atoms with Crippen LogP contribution in [-0.4, -0.2) is 69.9 Å². The van der Waals surface area contributed by atoms with Gasteiger partial charge in [0.2, 0.25) is 17.7 Å². The number of hydrogen-bond donors (Lipinski definition) is 7. The van der Waals surface area contributed by atoms with E-state index >= 15 is 0 Å². The van der Waals surface area contributed by atoms with E-state index < -0.39 is 54.0 Å². The maximum Gasteiger partial charge on any atom is 0.327 e. The van der Waals surface area contributed by atoms with Crippen LogP contribution in [0.1, 0.15) is 19.4 Å². The van der Waals surface area contributed by atoms with E-state index in [9.17, 15) is 24.3 Å². The molecule has 1 aromatic rings. The van der Waals surface area contributed by atoms with Crippen LogP contribution in [0, 0.1) is 0 Å². The second-order valence-electron chi connectivity index (χ2n) is 6.83. The Labute approximate surface area is 180 Å². The summed E-state index contributed by atoms with van der Waals surface area (Å²) in [6.07, 6.45) is -1.00. The van der Waals surface area contributed by atoms with Gasteiger partial charge in [-0.05, 0) is 19.4 Å². The molecule has 0 radical (unpaired) electrons. The van der Waals surface area contributed by atoms with E-state index in [-0.39, 0.29) is 12.2 Å². The van der Waals surface area contributed by atoms with Crippen molar-refractivity contribution >= 4 is 36.3 Å². The first-order valence-corrected chi connectivity index (χ1v) is 9.92. The Morgan fingerprint density at radius 3 is 2.03 bits per heavy atom. The Balaban J connectivity index is 2.88. The van der Waals surface area contributed by atoms with Gasteiger partial charge < -0.3 is 31.9 Å². The highest BCUT2D eigenvalue weighted by atomic mass is 32.1. The number of aliphatic carboxylic acids is 1. The molecule has 11 heteroatoms. The number of nitrogens with one attached hydrogen (secondary N) is 3. The fourth-order valence-corrected chi connectivity index (χ4v) is 2.66. The normalized spacial score (nSPS) is 15.8. The van der Waals surface area contributed by atoms with E-state index in [0.29, 0.717) is 0 Å². The van der Waals surface area contributed by atoms with Crippen LogP contribution in [0.15, 0.2) is 30.3 Å². The number of hydrogen-bond acceptors (Lipinski definition) is 7. The minimum atomic E-state index is -1.25. The van der Waals surface area contributed by atoms with Crippen molar-refractivity contribution in [2.24, 2.45) is 5.73 Å². The quantitative estimate of drug-likeness (QED) is 0.204. The summed E-state index contributed by atoms with van der Waals surface area (Å²) in [7, 11) is 0. The number of nitrogens with two attached hydrogens (primary N) is 1. The van der Waals surface area contributed by atoms with Crippen LogP contribution in [0.5, 0.6) is 0 Å². The summed E-state index contributed by atoms with van der Waals surface area (Å²) in [6.45, 7) is 2.73. The lowest BCUT2D eigenvalue weighted by atomic mass is 10.0. The lowest BCUT2D eigenvalue weighted by molar-refractivity contribution is -0.141. The van der Waals surface area contributed by atoms with Crippen molar-refractivity contribution in [3.8, 4) is 0 Å². The third kappa shape index (κ3) is 8.01. The monoisotopic (exact) mass is 440 g/mol. The number of amides is 3. The molecule has 0 aliphatic heterocycles. The smallest absolute Gasteiger partial charge is 0.327 e. The van der Waals surface area contributed by atoms with Crippen molar-refractivity contribution in [3.63, 3.8) is 0 Å². The molecule has 1 rings (SSSR count). The Morgan fingerprint density at radius 1 is 0.967 bits per heavy atom. The number of rotatable bonds is 11. The SMILES string of the molecule is CC(NC(=O)C(Cc1ccccc1)NC(=O)C(N)C(C)O)C(=O)NC(CS)C(=O)O. The molecule has 0 saturated carbocycles. The molecule has 10 nitrogen and oxygen atoms in total. The van der Waals surface area contributed by atoms with Crippen molar-refractivity contribution in [3.05, 3.63) is 35.9 Å². The summed E-state index contributed by atoms with van der Waals surface area (Å²) in [4.78, 5) is 48.2. The highest BCUT2D eigenvalue weighted by Gasteiger charge is 2.29. The fourth-order valence-electron chi connectivity index (χ4n) is 2.41. The molecule has 7 N–H and O–H groups in total. The van der Waals surface area contributed by atoms with Gasteiger partial charge in [-0.25, -0.2) is 4.79 Å². The summed E-state index contributed by atoms with van der Waals surface area (Å²) in [5.74, 6) is -3.47. The summed E-state index contributed by atoms with van der Waals surface area (Å²) in [6, 6.07) is 4.29. The summed E-state index contributed by atoms with van der Waals surface area (Å²) in [5.41, 5.74) is 6.38. The molecule has 0 saturated heterocycles. The summed E-state index contributed by atoms with van der Waals surface area (Å²) >= 11 is 3.87. The minimum Gasteiger partial charge on any atom is -0.480 e. The highest BCUT2D eigenvalue weighted by molar-refractivity contribution is 7.80. The molecule has 166 valence electrons. The molecule has 0 spiro atoms. The molecule has 3 amide bonds. The topological polar surface area (TPSA) is 171 Å². The average Bonchev–Trinajstić information content (AvgIpc) is 2.70. The number of aliphatic hydroxyl groups excluding tert-OH is 1. The number of carboxylic acids is 1. The van der Waals surface area contributed by atoms with Gasteiger partial charge in [0, 0.05) is 12.2 Å². The molecular formula is C19H28N4O6S. The predicted octanol–water partition coefficient (Wildman–Crippen LogP) is -1.57. The van der Waals surface area contributed by atoms with Gasteiger partial charge >= 0.3 is 5.97 Å². The number of thiol groups is 1. The molecule has 0 aliphatic carbocycles. The summed E-state index contributed by atoms with van der Waals surface area (Å²) in [5, 5.41) is 25.7. The van der Waals surface area contributed by atoms with Gasteiger partial charge in [-0.1, -0.05) is 30.3 Å². The molecule has 0 aliphatic rings. The van der Waals surface area contributed by atoms with E-state index in [0.717, 1.165) is 5.56 Å². The average molecular weight is 441 g/mol. The van der Waals surface area contributed by atoms with Crippen molar-refractivity contribution in [1.82, 2.24) is 16.0 Å². The van der Waals surface area contributed by atoms with E-state index in [2.05, 4.69) is 28.6 Å².